The predicted molar refractivity (Wildman–Crippen MR) is 82.5 cm³/mol. The Hall–Kier alpha value is -0.980. The number of nitrogens with one attached hydrogen (secondary N) is 1. The van der Waals surface area contributed by atoms with E-state index in [1.807, 2.05) is 6.07 Å². The summed E-state index contributed by atoms with van der Waals surface area (Å²) in [6, 6.07) is 6.57. The van der Waals surface area contributed by atoms with Gasteiger partial charge in [0.25, 0.3) is 0 Å². The Balaban J connectivity index is 2.09. The lowest BCUT2D eigenvalue weighted by Gasteiger charge is -2.36. The summed E-state index contributed by atoms with van der Waals surface area (Å²) in [5, 5.41) is 2.94. The molecule has 1 aromatic rings. The average molecular weight is 314 g/mol. The van der Waals surface area contributed by atoms with Crippen LogP contribution in [0, 0.1) is 5.82 Å². The molecule has 6 heteroatoms. The normalized spacial score (nSPS) is 20.9. The third-order valence-corrected chi connectivity index (χ3v) is 6.16. The second kappa shape index (κ2) is 6.85. The van der Waals surface area contributed by atoms with Crippen LogP contribution < -0.4 is 5.32 Å². The maximum absolute atomic E-state index is 13.4. The Morgan fingerprint density at radius 2 is 2.19 bits per heavy atom. The summed E-state index contributed by atoms with van der Waals surface area (Å²) in [4.78, 5) is 2.13. The molecule has 1 unspecified atom stereocenters. The van der Waals surface area contributed by atoms with Gasteiger partial charge >= 0.3 is 0 Å². The average Bonchev–Trinajstić information content (AvgIpc) is 2.45. The quantitative estimate of drug-likeness (QED) is 0.897. The molecular formula is C15H23FN2O2S. The fraction of sp³-hybridized carbons (Fsp3) is 0.600. The van der Waals surface area contributed by atoms with Gasteiger partial charge in [-0.05, 0) is 31.5 Å². The summed E-state index contributed by atoms with van der Waals surface area (Å²) in [5.41, 5.74) is 0.893. The Kier molecular flexibility index (Phi) is 5.35. The molecule has 4 nitrogen and oxygen atoms in total. The van der Waals surface area contributed by atoms with Crippen LogP contribution in [-0.4, -0.2) is 50.5 Å². The summed E-state index contributed by atoms with van der Waals surface area (Å²) in [7, 11) is -3.05. The van der Waals surface area contributed by atoms with Gasteiger partial charge in [0.05, 0.1) is 11.0 Å². The highest BCUT2D eigenvalue weighted by Gasteiger charge is 2.26. The highest BCUT2D eigenvalue weighted by atomic mass is 32.2. The Bertz CT molecular complexity index is 575. The van der Waals surface area contributed by atoms with Crippen LogP contribution in [0.25, 0.3) is 0 Å². The Morgan fingerprint density at radius 1 is 1.43 bits per heavy atom. The highest BCUT2D eigenvalue weighted by molar-refractivity contribution is 7.92. The SMILES string of the molecule is CC(C)S(=O)(=O)CCN1CCNCC1c1cccc(F)c1. The lowest BCUT2D eigenvalue weighted by atomic mass is 10.0. The maximum Gasteiger partial charge on any atom is 0.153 e. The number of benzene rings is 1. The van der Waals surface area contributed by atoms with Crippen molar-refractivity contribution in [3.05, 3.63) is 35.6 Å². The van der Waals surface area contributed by atoms with Gasteiger partial charge in [-0.3, -0.25) is 4.90 Å². The number of piperazine rings is 1. The summed E-state index contributed by atoms with van der Waals surface area (Å²) < 4.78 is 37.3. The van der Waals surface area contributed by atoms with Gasteiger partial charge in [-0.15, -0.1) is 0 Å². The Labute approximate surface area is 126 Å². The molecule has 21 heavy (non-hydrogen) atoms. The lowest BCUT2D eigenvalue weighted by molar-refractivity contribution is 0.171. The Morgan fingerprint density at radius 3 is 2.86 bits per heavy atom. The van der Waals surface area contributed by atoms with E-state index >= 15 is 0 Å². The van der Waals surface area contributed by atoms with Crippen molar-refractivity contribution in [2.75, 3.05) is 31.9 Å². The van der Waals surface area contributed by atoms with Crippen LogP contribution in [0.1, 0.15) is 25.5 Å². The van der Waals surface area contributed by atoms with Crippen molar-refractivity contribution >= 4 is 9.84 Å². The molecule has 1 aromatic carbocycles. The minimum atomic E-state index is -3.05. The number of sulfone groups is 1. The van der Waals surface area contributed by atoms with Crippen molar-refractivity contribution in [3.8, 4) is 0 Å². The second-order valence-electron chi connectivity index (χ2n) is 5.73. The van der Waals surface area contributed by atoms with Crippen LogP contribution in [0.4, 0.5) is 4.39 Å². The number of hydrogen-bond donors (Lipinski definition) is 1. The molecule has 0 bridgehead atoms. The van der Waals surface area contributed by atoms with Crippen LogP contribution in [0.3, 0.4) is 0 Å². The minimum Gasteiger partial charge on any atom is -0.314 e. The summed E-state index contributed by atoms with van der Waals surface area (Å²) in [6.07, 6.45) is 0. The highest BCUT2D eigenvalue weighted by Crippen LogP contribution is 2.22. The van der Waals surface area contributed by atoms with Crippen LogP contribution in [0.15, 0.2) is 24.3 Å². The molecule has 0 amide bonds. The van der Waals surface area contributed by atoms with Gasteiger partial charge in [0.2, 0.25) is 0 Å². The fourth-order valence-electron chi connectivity index (χ4n) is 2.54. The molecular weight excluding hydrogens is 291 g/mol. The van der Waals surface area contributed by atoms with Gasteiger partial charge in [0.1, 0.15) is 5.82 Å². The smallest absolute Gasteiger partial charge is 0.153 e. The van der Waals surface area contributed by atoms with E-state index in [4.69, 9.17) is 0 Å². The molecule has 0 saturated carbocycles. The zero-order valence-electron chi connectivity index (χ0n) is 12.5. The molecule has 2 rings (SSSR count). The van der Waals surface area contributed by atoms with Crippen molar-refractivity contribution in [2.24, 2.45) is 0 Å². The van der Waals surface area contributed by atoms with Crippen molar-refractivity contribution in [1.29, 1.82) is 0 Å². The first-order valence-corrected chi connectivity index (χ1v) is 9.03. The number of nitrogens with zero attached hydrogens (tertiary/aromatic N) is 1. The monoisotopic (exact) mass is 314 g/mol. The number of halogens is 1. The van der Waals surface area contributed by atoms with E-state index < -0.39 is 9.84 Å². The molecule has 1 N–H and O–H groups in total. The fourth-order valence-corrected chi connectivity index (χ4v) is 3.50. The maximum atomic E-state index is 13.4. The van der Waals surface area contributed by atoms with Gasteiger partial charge < -0.3 is 5.32 Å². The van der Waals surface area contributed by atoms with E-state index in [-0.39, 0.29) is 22.9 Å². The lowest BCUT2D eigenvalue weighted by Crippen LogP contribution is -2.47. The van der Waals surface area contributed by atoms with Crippen molar-refractivity contribution < 1.29 is 12.8 Å². The molecule has 0 aromatic heterocycles. The van der Waals surface area contributed by atoms with Crippen molar-refractivity contribution in [3.63, 3.8) is 0 Å². The van der Waals surface area contributed by atoms with E-state index in [0.29, 0.717) is 13.1 Å². The van der Waals surface area contributed by atoms with E-state index in [0.717, 1.165) is 18.7 Å². The van der Waals surface area contributed by atoms with E-state index in [9.17, 15) is 12.8 Å². The molecule has 1 fully saturated rings. The first-order chi connectivity index (χ1) is 9.90. The topological polar surface area (TPSA) is 49.4 Å². The van der Waals surface area contributed by atoms with Crippen LogP contribution in [0.2, 0.25) is 0 Å². The molecule has 1 atom stereocenters. The molecule has 0 radical (unpaired) electrons. The van der Waals surface area contributed by atoms with E-state index in [1.54, 1.807) is 19.9 Å². The summed E-state index contributed by atoms with van der Waals surface area (Å²) in [6.45, 7) is 6.21. The number of hydrogen-bond acceptors (Lipinski definition) is 4. The third kappa shape index (κ3) is 4.25. The molecule has 1 aliphatic rings. The van der Waals surface area contributed by atoms with E-state index in [1.165, 1.54) is 12.1 Å². The minimum absolute atomic E-state index is 0.0248. The van der Waals surface area contributed by atoms with Crippen molar-refractivity contribution in [2.45, 2.75) is 25.1 Å². The molecule has 118 valence electrons. The molecule has 1 aliphatic heterocycles. The number of rotatable bonds is 5. The van der Waals surface area contributed by atoms with Gasteiger partial charge in [-0.1, -0.05) is 12.1 Å². The first kappa shape index (κ1) is 16.4. The van der Waals surface area contributed by atoms with E-state index in [2.05, 4.69) is 10.2 Å². The summed E-state index contributed by atoms with van der Waals surface area (Å²) >= 11 is 0. The van der Waals surface area contributed by atoms with Crippen LogP contribution in [0.5, 0.6) is 0 Å². The predicted octanol–water partition coefficient (Wildman–Crippen LogP) is 1.60. The first-order valence-electron chi connectivity index (χ1n) is 7.32. The van der Waals surface area contributed by atoms with Gasteiger partial charge in [0, 0.05) is 32.2 Å². The molecule has 1 heterocycles. The van der Waals surface area contributed by atoms with Crippen LogP contribution in [-0.2, 0) is 9.84 Å². The zero-order chi connectivity index (χ0) is 15.5. The largest absolute Gasteiger partial charge is 0.314 e. The van der Waals surface area contributed by atoms with Gasteiger partial charge in [0.15, 0.2) is 9.84 Å². The molecule has 0 spiro atoms. The van der Waals surface area contributed by atoms with Crippen LogP contribution >= 0.6 is 0 Å². The second-order valence-corrected chi connectivity index (χ2v) is 8.40. The zero-order valence-corrected chi connectivity index (χ0v) is 13.4. The van der Waals surface area contributed by atoms with Gasteiger partial charge in [-0.2, -0.15) is 0 Å². The standard InChI is InChI=1S/C15H23FN2O2S/c1-12(2)21(19,20)9-8-18-7-6-17-11-15(18)13-4-3-5-14(16)10-13/h3-5,10,12,15,17H,6-9,11H2,1-2H3. The molecule has 0 aliphatic carbocycles. The molecule has 1 saturated heterocycles. The van der Waals surface area contributed by atoms with Crippen molar-refractivity contribution in [1.82, 2.24) is 10.2 Å². The third-order valence-electron chi connectivity index (χ3n) is 3.97. The summed E-state index contributed by atoms with van der Waals surface area (Å²) in [5.74, 6) is -0.107. The van der Waals surface area contributed by atoms with Gasteiger partial charge in [-0.25, -0.2) is 12.8 Å².